The number of aromatic nitrogens is 4. The number of ether oxygens (including phenoxy) is 1. The summed E-state index contributed by atoms with van der Waals surface area (Å²) >= 11 is 0. The molecule has 0 bridgehead atoms. The van der Waals surface area contributed by atoms with Gasteiger partial charge in [0.25, 0.3) is 5.91 Å². The zero-order valence-electron chi connectivity index (χ0n) is 24.6. The van der Waals surface area contributed by atoms with E-state index in [2.05, 4.69) is 42.7 Å². The van der Waals surface area contributed by atoms with Gasteiger partial charge in [-0.25, -0.2) is 9.97 Å². The van der Waals surface area contributed by atoms with E-state index in [1.165, 1.54) is 12.1 Å². The minimum atomic E-state index is -4.55. The molecule has 2 amide bonds. The summed E-state index contributed by atoms with van der Waals surface area (Å²) in [6.07, 6.45) is 1.59. The van der Waals surface area contributed by atoms with Crippen LogP contribution in [0.1, 0.15) is 41.6 Å². The first-order valence-electron chi connectivity index (χ1n) is 14.8. The molecule has 2 aliphatic heterocycles. The molecule has 0 saturated carbocycles. The predicted molar refractivity (Wildman–Crippen MR) is 161 cm³/mol. The molecule has 6 rings (SSSR count). The Labute approximate surface area is 257 Å². The van der Waals surface area contributed by atoms with Crippen LogP contribution in [0.25, 0.3) is 11.0 Å². The van der Waals surface area contributed by atoms with Crippen LogP contribution in [0.2, 0.25) is 0 Å². The topological polar surface area (TPSA) is 128 Å². The number of piperidine rings is 2. The molecular weight excluding hydrogens is 589 g/mol. The highest BCUT2D eigenvalue weighted by atomic mass is 19.4. The summed E-state index contributed by atoms with van der Waals surface area (Å²) in [7, 11) is 2.09. The van der Waals surface area contributed by atoms with Crippen molar-refractivity contribution in [2.75, 3.05) is 43.9 Å². The van der Waals surface area contributed by atoms with Crippen LogP contribution < -0.4 is 15.4 Å². The highest BCUT2D eigenvalue weighted by Gasteiger charge is 2.32. The maximum atomic E-state index is 13.2. The smallest absolute Gasteiger partial charge is 0.416 e. The van der Waals surface area contributed by atoms with E-state index in [1.807, 2.05) is 4.90 Å². The Bertz CT molecular complexity index is 1670. The highest BCUT2D eigenvalue weighted by molar-refractivity contribution is 6.03. The van der Waals surface area contributed by atoms with Crippen molar-refractivity contribution in [2.45, 2.75) is 37.9 Å². The fraction of sp³-hybridized carbons (Fsp3) is 0.387. The van der Waals surface area contributed by atoms with E-state index in [4.69, 9.17) is 4.74 Å². The van der Waals surface area contributed by atoms with Crippen LogP contribution in [0.15, 0.2) is 54.9 Å². The van der Waals surface area contributed by atoms with Gasteiger partial charge >= 0.3 is 6.18 Å². The Balaban J connectivity index is 1.12. The van der Waals surface area contributed by atoms with Crippen LogP contribution >= 0.6 is 0 Å². The normalized spacial score (nSPS) is 18.1. The molecule has 1 aromatic carbocycles. The number of nitrogens with zero attached hydrogens (tertiary/aromatic N) is 5. The van der Waals surface area contributed by atoms with E-state index in [1.54, 1.807) is 24.4 Å². The van der Waals surface area contributed by atoms with Crippen molar-refractivity contribution in [3.05, 3.63) is 66.0 Å². The Morgan fingerprint density at radius 2 is 1.76 bits per heavy atom. The van der Waals surface area contributed by atoms with Crippen LogP contribution in [0.3, 0.4) is 0 Å². The molecule has 11 nitrogen and oxygen atoms in total. The number of H-pyrrole nitrogens is 1. The molecule has 2 aliphatic rings. The fourth-order valence-corrected chi connectivity index (χ4v) is 5.78. The third kappa shape index (κ3) is 7.00. The largest absolute Gasteiger partial charge is 0.456 e. The van der Waals surface area contributed by atoms with Crippen molar-refractivity contribution < 1.29 is 27.5 Å². The lowest BCUT2D eigenvalue weighted by molar-refractivity contribution is -0.138. The second kappa shape index (κ2) is 12.7. The van der Waals surface area contributed by atoms with Crippen molar-refractivity contribution in [3.63, 3.8) is 0 Å². The van der Waals surface area contributed by atoms with Crippen LogP contribution in [-0.2, 0) is 11.0 Å². The number of benzene rings is 1. The van der Waals surface area contributed by atoms with Crippen LogP contribution in [0.4, 0.5) is 24.8 Å². The SMILES string of the molecule is CN1CCC(C(=O)N2CCC[C@@H](Nc3n[nH]c4nccc(Oc5ccc(C(=O)Nc6cc(C(F)(F)F)ccn6)cc5)c34)C2)CC1. The van der Waals surface area contributed by atoms with E-state index in [0.29, 0.717) is 34.9 Å². The van der Waals surface area contributed by atoms with Gasteiger partial charge in [0, 0.05) is 49.1 Å². The van der Waals surface area contributed by atoms with Crippen molar-refractivity contribution >= 4 is 34.5 Å². The fourth-order valence-electron chi connectivity index (χ4n) is 5.78. The summed E-state index contributed by atoms with van der Waals surface area (Å²) in [4.78, 5) is 38.3. The average molecular weight is 623 g/mol. The molecule has 0 unspecified atom stereocenters. The van der Waals surface area contributed by atoms with Gasteiger partial charge in [0.15, 0.2) is 11.5 Å². The monoisotopic (exact) mass is 622 g/mol. The molecule has 0 aliphatic carbocycles. The number of carbonyl (C=O) groups excluding carboxylic acids is 2. The molecule has 45 heavy (non-hydrogen) atoms. The average Bonchev–Trinajstić information content (AvgIpc) is 3.45. The second-order valence-corrected chi connectivity index (χ2v) is 11.5. The number of pyridine rings is 2. The Morgan fingerprint density at radius 1 is 1.00 bits per heavy atom. The highest BCUT2D eigenvalue weighted by Crippen LogP contribution is 2.34. The Kier molecular flexibility index (Phi) is 8.57. The maximum absolute atomic E-state index is 13.2. The Hall–Kier alpha value is -4.72. The predicted octanol–water partition coefficient (Wildman–Crippen LogP) is 5.16. The van der Waals surface area contributed by atoms with Gasteiger partial charge in [0.1, 0.15) is 22.7 Å². The lowest BCUT2D eigenvalue weighted by Crippen LogP contribution is -2.49. The summed E-state index contributed by atoms with van der Waals surface area (Å²) in [5, 5.41) is 13.9. The number of hydrogen-bond donors (Lipinski definition) is 3. The number of halogens is 3. The number of rotatable bonds is 7. The molecule has 3 N–H and O–H groups in total. The molecule has 0 spiro atoms. The molecule has 0 radical (unpaired) electrons. The number of fused-ring (bicyclic) bond motifs is 1. The van der Waals surface area contributed by atoms with Gasteiger partial charge in [0.2, 0.25) is 5.91 Å². The summed E-state index contributed by atoms with van der Waals surface area (Å²) in [6, 6.07) is 9.51. The first kappa shape index (κ1) is 30.3. The molecule has 2 saturated heterocycles. The number of carbonyl (C=O) groups is 2. The number of anilines is 2. The molecule has 1 atom stereocenters. The van der Waals surface area contributed by atoms with Crippen LogP contribution in [0, 0.1) is 5.92 Å². The number of likely N-dealkylation sites (tertiary alicyclic amines) is 2. The van der Waals surface area contributed by atoms with Gasteiger partial charge in [-0.15, -0.1) is 0 Å². The van der Waals surface area contributed by atoms with Gasteiger partial charge in [-0.2, -0.15) is 18.3 Å². The van der Waals surface area contributed by atoms with Crippen molar-refractivity contribution in [3.8, 4) is 11.5 Å². The second-order valence-electron chi connectivity index (χ2n) is 11.5. The third-order valence-corrected chi connectivity index (χ3v) is 8.24. The minimum absolute atomic E-state index is 0.0117. The van der Waals surface area contributed by atoms with Crippen molar-refractivity contribution in [1.82, 2.24) is 30.0 Å². The van der Waals surface area contributed by atoms with E-state index >= 15 is 0 Å². The summed E-state index contributed by atoms with van der Waals surface area (Å²) in [5.74, 6) is 0.961. The summed E-state index contributed by atoms with van der Waals surface area (Å²) in [5.41, 5.74) is -0.173. The molecule has 5 heterocycles. The zero-order valence-corrected chi connectivity index (χ0v) is 24.6. The summed E-state index contributed by atoms with van der Waals surface area (Å²) in [6.45, 7) is 3.23. The third-order valence-electron chi connectivity index (χ3n) is 8.24. The number of nitrogens with one attached hydrogen (secondary N) is 3. The summed E-state index contributed by atoms with van der Waals surface area (Å²) < 4.78 is 45.2. The van der Waals surface area contributed by atoms with Gasteiger partial charge in [0.05, 0.1) is 5.56 Å². The van der Waals surface area contributed by atoms with Crippen molar-refractivity contribution in [2.24, 2.45) is 5.92 Å². The van der Waals surface area contributed by atoms with Crippen LogP contribution in [0.5, 0.6) is 11.5 Å². The molecule has 2 fully saturated rings. The van der Waals surface area contributed by atoms with Gasteiger partial charge in [-0.3, -0.25) is 14.7 Å². The van der Waals surface area contributed by atoms with Gasteiger partial charge in [-0.1, -0.05) is 0 Å². The molecule has 3 aromatic heterocycles. The van der Waals surface area contributed by atoms with E-state index in [0.717, 1.165) is 63.6 Å². The molecular formula is C31H33F3N8O3. The first-order valence-corrected chi connectivity index (χ1v) is 14.8. The quantitative estimate of drug-likeness (QED) is 0.258. The number of aromatic amines is 1. The maximum Gasteiger partial charge on any atom is 0.416 e. The lowest BCUT2D eigenvalue weighted by atomic mass is 9.94. The first-order chi connectivity index (χ1) is 21.6. The zero-order chi connectivity index (χ0) is 31.6. The molecule has 236 valence electrons. The number of alkyl halides is 3. The van der Waals surface area contributed by atoms with Crippen molar-refractivity contribution in [1.29, 1.82) is 0 Å². The van der Waals surface area contributed by atoms with Crippen LogP contribution in [-0.4, -0.2) is 81.0 Å². The van der Waals surface area contributed by atoms with E-state index < -0.39 is 17.6 Å². The molecule has 14 heteroatoms. The molecule has 4 aromatic rings. The minimum Gasteiger partial charge on any atom is -0.456 e. The number of amides is 2. The standard InChI is InChI=1S/C31H33F3N8O3/c1-41-15-10-20(11-16-41)30(44)42-14-2-3-22(18-42)37-28-26-24(9-13-36-27(26)39-40-28)45-23-6-4-19(5-7-23)29(43)38-25-17-21(8-12-35-25)31(32,33)34/h4-9,12-13,17,20,22H,2-3,10-11,14-16,18H2,1H3,(H,35,38,43)(H2,36,37,39,40)/t22-/m1/s1. The Morgan fingerprint density at radius 3 is 2.51 bits per heavy atom. The lowest BCUT2D eigenvalue weighted by Gasteiger charge is -2.37. The van der Waals surface area contributed by atoms with E-state index in [9.17, 15) is 22.8 Å². The van der Waals surface area contributed by atoms with Gasteiger partial charge in [-0.05, 0) is 82.2 Å². The number of hydrogen-bond acceptors (Lipinski definition) is 8. The van der Waals surface area contributed by atoms with E-state index in [-0.39, 0.29) is 29.2 Å². The van der Waals surface area contributed by atoms with Gasteiger partial charge < -0.3 is 25.2 Å².